The summed E-state index contributed by atoms with van der Waals surface area (Å²) in [6.45, 7) is 0.953. The van der Waals surface area contributed by atoms with Crippen LogP contribution < -0.4 is 5.32 Å². The Kier molecular flexibility index (Phi) is 5.15. The Morgan fingerprint density at radius 1 is 1.30 bits per heavy atom. The van der Waals surface area contributed by atoms with Crippen LogP contribution in [0, 0.1) is 11.6 Å². The third-order valence-corrected chi connectivity index (χ3v) is 2.71. The third-order valence-electron chi connectivity index (χ3n) is 2.71. The molecule has 110 valence electrons. The second-order valence-corrected chi connectivity index (χ2v) is 4.57. The molecule has 1 amide bonds. The summed E-state index contributed by atoms with van der Waals surface area (Å²) in [5.74, 6) is -3.38. The van der Waals surface area contributed by atoms with Crippen molar-refractivity contribution in [1.82, 2.24) is 5.32 Å². The standard InChI is InChI=1S/C13H15F2NO4/c1-13(20,7-16-11(17)4-5-12(18)19)9-3-2-8(14)6-10(9)15/h2-3,6,20H,4-5,7H2,1H3,(H,16,17)(H,18,19). The Morgan fingerprint density at radius 2 is 1.95 bits per heavy atom. The van der Waals surface area contributed by atoms with Crippen LogP contribution in [0.3, 0.4) is 0 Å². The number of carbonyl (C=O) groups is 2. The van der Waals surface area contributed by atoms with Crippen molar-refractivity contribution in [2.24, 2.45) is 0 Å². The molecule has 1 aromatic rings. The van der Waals surface area contributed by atoms with Crippen LogP contribution in [0.4, 0.5) is 8.78 Å². The minimum absolute atomic E-state index is 0.155. The molecule has 5 nitrogen and oxygen atoms in total. The molecule has 1 unspecified atom stereocenters. The fraction of sp³-hybridized carbons (Fsp3) is 0.385. The van der Waals surface area contributed by atoms with Crippen LogP contribution >= 0.6 is 0 Å². The van der Waals surface area contributed by atoms with Crippen molar-refractivity contribution in [2.45, 2.75) is 25.4 Å². The fourth-order valence-electron chi connectivity index (χ4n) is 1.60. The van der Waals surface area contributed by atoms with Crippen LogP contribution in [0.25, 0.3) is 0 Å². The van der Waals surface area contributed by atoms with Crippen LogP contribution in [0.1, 0.15) is 25.3 Å². The van der Waals surface area contributed by atoms with Gasteiger partial charge in [0, 0.05) is 18.1 Å². The van der Waals surface area contributed by atoms with E-state index in [2.05, 4.69) is 5.32 Å². The average molecular weight is 287 g/mol. The number of nitrogens with one attached hydrogen (secondary N) is 1. The van der Waals surface area contributed by atoms with Gasteiger partial charge in [0.2, 0.25) is 5.91 Å². The first kappa shape index (κ1) is 16.0. The van der Waals surface area contributed by atoms with Crippen LogP contribution in [-0.4, -0.2) is 28.6 Å². The molecule has 0 saturated carbocycles. The van der Waals surface area contributed by atoms with Gasteiger partial charge in [-0.1, -0.05) is 6.07 Å². The largest absolute Gasteiger partial charge is 0.481 e. The summed E-state index contributed by atoms with van der Waals surface area (Å²) in [5, 5.41) is 20.8. The SMILES string of the molecule is CC(O)(CNC(=O)CCC(=O)O)c1ccc(F)cc1F. The first-order valence-corrected chi connectivity index (χ1v) is 5.89. The Balaban J connectivity index is 2.65. The van der Waals surface area contributed by atoms with Crippen LogP contribution in [-0.2, 0) is 15.2 Å². The summed E-state index contributed by atoms with van der Waals surface area (Å²) in [4.78, 5) is 21.6. The van der Waals surface area contributed by atoms with Crippen LogP contribution in [0.2, 0.25) is 0 Å². The molecule has 1 rings (SSSR count). The monoisotopic (exact) mass is 287 g/mol. The molecular formula is C13H15F2NO4. The molecule has 0 bridgehead atoms. The molecule has 0 saturated heterocycles. The number of hydrogen-bond acceptors (Lipinski definition) is 3. The average Bonchev–Trinajstić information content (AvgIpc) is 2.33. The van der Waals surface area contributed by atoms with Gasteiger partial charge in [0.05, 0.1) is 13.0 Å². The first-order valence-electron chi connectivity index (χ1n) is 5.89. The molecule has 0 heterocycles. The predicted octanol–water partition coefficient (Wildman–Crippen LogP) is 1.15. The maximum Gasteiger partial charge on any atom is 0.303 e. The van der Waals surface area contributed by atoms with E-state index < -0.39 is 29.1 Å². The van der Waals surface area contributed by atoms with Crippen LogP contribution in [0.5, 0.6) is 0 Å². The number of aliphatic carboxylic acids is 1. The van der Waals surface area contributed by atoms with E-state index in [1.54, 1.807) is 0 Å². The third kappa shape index (κ3) is 4.58. The highest BCUT2D eigenvalue weighted by Gasteiger charge is 2.27. The number of carboxylic acids is 1. The molecule has 0 aliphatic carbocycles. The zero-order chi connectivity index (χ0) is 15.3. The number of aliphatic hydroxyl groups is 1. The molecular weight excluding hydrogens is 272 g/mol. The van der Waals surface area contributed by atoms with Crippen molar-refractivity contribution in [2.75, 3.05) is 6.54 Å². The molecule has 0 aliphatic rings. The lowest BCUT2D eigenvalue weighted by atomic mass is 9.95. The zero-order valence-corrected chi connectivity index (χ0v) is 10.8. The van der Waals surface area contributed by atoms with E-state index >= 15 is 0 Å². The molecule has 0 spiro atoms. The summed E-state index contributed by atoms with van der Waals surface area (Å²) >= 11 is 0. The van der Waals surface area contributed by atoms with Gasteiger partial charge in [-0.25, -0.2) is 8.78 Å². The number of benzene rings is 1. The van der Waals surface area contributed by atoms with E-state index in [0.717, 1.165) is 12.1 Å². The molecule has 20 heavy (non-hydrogen) atoms. The minimum Gasteiger partial charge on any atom is -0.481 e. The number of carbonyl (C=O) groups excluding carboxylic acids is 1. The molecule has 7 heteroatoms. The molecule has 0 aliphatic heterocycles. The van der Waals surface area contributed by atoms with Crippen molar-refractivity contribution < 1.29 is 28.6 Å². The van der Waals surface area contributed by atoms with Crippen LogP contribution in [0.15, 0.2) is 18.2 Å². The second kappa shape index (κ2) is 6.42. The first-order chi connectivity index (χ1) is 9.22. The molecule has 1 aromatic carbocycles. The highest BCUT2D eigenvalue weighted by molar-refractivity contribution is 5.80. The van der Waals surface area contributed by atoms with Gasteiger partial charge in [0.25, 0.3) is 0 Å². The van der Waals surface area contributed by atoms with E-state index in [4.69, 9.17) is 5.11 Å². The maximum absolute atomic E-state index is 13.5. The van der Waals surface area contributed by atoms with Gasteiger partial charge in [0.1, 0.15) is 17.2 Å². The zero-order valence-electron chi connectivity index (χ0n) is 10.8. The topological polar surface area (TPSA) is 86.6 Å². The highest BCUT2D eigenvalue weighted by atomic mass is 19.1. The summed E-state index contributed by atoms with van der Waals surface area (Å²) in [5.41, 5.74) is -1.88. The lowest BCUT2D eigenvalue weighted by molar-refractivity contribution is -0.138. The van der Waals surface area contributed by atoms with Crippen molar-refractivity contribution in [3.63, 3.8) is 0 Å². The van der Waals surface area contributed by atoms with Crippen molar-refractivity contribution >= 4 is 11.9 Å². The van der Waals surface area contributed by atoms with E-state index in [1.807, 2.05) is 0 Å². The van der Waals surface area contributed by atoms with Crippen molar-refractivity contribution in [1.29, 1.82) is 0 Å². The molecule has 3 N–H and O–H groups in total. The van der Waals surface area contributed by atoms with Gasteiger partial charge in [-0.2, -0.15) is 0 Å². The number of hydrogen-bond donors (Lipinski definition) is 3. The number of carboxylic acid groups (broad SMARTS) is 1. The van der Waals surface area contributed by atoms with Gasteiger partial charge in [-0.05, 0) is 13.0 Å². The van der Waals surface area contributed by atoms with Gasteiger partial charge < -0.3 is 15.5 Å². The molecule has 0 fully saturated rings. The molecule has 0 aromatic heterocycles. The Hall–Kier alpha value is -2.02. The van der Waals surface area contributed by atoms with E-state index in [-0.39, 0.29) is 24.9 Å². The van der Waals surface area contributed by atoms with Crippen molar-refractivity contribution in [3.05, 3.63) is 35.4 Å². The number of halogens is 2. The maximum atomic E-state index is 13.5. The number of amides is 1. The highest BCUT2D eigenvalue weighted by Crippen LogP contribution is 2.23. The van der Waals surface area contributed by atoms with E-state index in [0.29, 0.717) is 6.07 Å². The Bertz CT molecular complexity index is 517. The summed E-state index contributed by atoms with van der Waals surface area (Å²) < 4.78 is 26.3. The number of rotatable bonds is 6. The predicted molar refractivity (Wildman–Crippen MR) is 65.8 cm³/mol. The lowest BCUT2D eigenvalue weighted by Gasteiger charge is -2.24. The fourth-order valence-corrected chi connectivity index (χ4v) is 1.60. The minimum atomic E-state index is -1.73. The normalized spacial score (nSPS) is 13.6. The van der Waals surface area contributed by atoms with Gasteiger partial charge in [0.15, 0.2) is 0 Å². The molecule has 0 radical (unpaired) electrons. The summed E-state index contributed by atoms with van der Waals surface area (Å²) in [7, 11) is 0. The van der Waals surface area contributed by atoms with Gasteiger partial charge in [-0.15, -0.1) is 0 Å². The van der Waals surface area contributed by atoms with Gasteiger partial charge in [-0.3, -0.25) is 9.59 Å². The Morgan fingerprint density at radius 3 is 2.50 bits per heavy atom. The quantitative estimate of drug-likeness (QED) is 0.732. The summed E-state index contributed by atoms with van der Waals surface area (Å²) in [6, 6.07) is 2.73. The van der Waals surface area contributed by atoms with E-state index in [1.165, 1.54) is 6.92 Å². The van der Waals surface area contributed by atoms with Gasteiger partial charge >= 0.3 is 5.97 Å². The van der Waals surface area contributed by atoms with Crippen molar-refractivity contribution in [3.8, 4) is 0 Å². The molecule has 1 atom stereocenters. The Labute approximate surface area is 114 Å². The lowest BCUT2D eigenvalue weighted by Crippen LogP contribution is -2.39. The summed E-state index contributed by atoms with van der Waals surface area (Å²) in [6.07, 6.45) is -0.573. The smallest absolute Gasteiger partial charge is 0.303 e. The van der Waals surface area contributed by atoms with E-state index in [9.17, 15) is 23.5 Å². The second-order valence-electron chi connectivity index (χ2n) is 4.57.